The highest BCUT2D eigenvalue weighted by molar-refractivity contribution is 4.71. The number of nitrogens with one attached hydrogen (secondary N) is 1. The zero-order chi connectivity index (χ0) is 8.97. The van der Waals surface area contributed by atoms with Crippen molar-refractivity contribution in [2.24, 2.45) is 0 Å². The van der Waals surface area contributed by atoms with E-state index in [-0.39, 0.29) is 0 Å². The minimum absolute atomic E-state index is 0.609. The van der Waals surface area contributed by atoms with E-state index in [1.807, 2.05) is 0 Å². The monoisotopic (exact) mass is 171 g/mol. The molecular weight excluding hydrogens is 150 g/mol. The molecule has 3 heteroatoms. The molecule has 1 aliphatic heterocycles. The molecule has 0 aromatic heterocycles. The van der Waals surface area contributed by atoms with Crippen LogP contribution in [0.4, 0.5) is 0 Å². The van der Waals surface area contributed by atoms with Gasteiger partial charge < -0.3 is 5.32 Å². The Hall–Kier alpha value is -0.120. The van der Waals surface area contributed by atoms with E-state index < -0.39 is 0 Å². The van der Waals surface area contributed by atoms with Gasteiger partial charge in [-0.15, -0.1) is 0 Å². The molecule has 0 aliphatic carbocycles. The van der Waals surface area contributed by atoms with E-state index in [0.29, 0.717) is 6.17 Å². The lowest BCUT2D eigenvalue weighted by Crippen LogP contribution is -2.52. The Morgan fingerprint density at radius 1 is 1.50 bits per heavy atom. The average molecular weight is 171 g/mol. The van der Waals surface area contributed by atoms with Crippen LogP contribution in [-0.4, -0.2) is 49.8 Å². The summed E-state index contributed by atoms with van der Waals surface area (Å²) in [4.78, 5) is 4.80. The van der Waals surface area contributed by atoms with Gasteiger partial charge in [0.1, 0.15) is 0 Å². The van der Waals surface area contributed by atoms with Crippen LogP contribution >= 0.6 is 0 Å². The van der Waals surface area contributed by atoms with Crippen LogP contribution in [0.5, 0.6) is 0 Å². The average Bonchev–Trinajstić information content (AvgIpc) is 2.07. The van der Waals surface area contributed by atoms with Gasteiger partial charge in [-0.05, 0) is 33.5 Å². The fraction of sp³-hybridized carbons (Fsp3) is 1.00. The molecule has 0 saturated carbocycles. The summed E-state index contributed by atoms with van der Waals surface area (Å²) < 4.78 is 0. The summed E-state index contributed by atoms with van der Waals surface area (Å²) in [6.07, 6.45) is 3.09. The second-order valence-electron chi connectivity index (χ2n) is 3.68. The summed E-state index contributed by atoms with van der Waals surface area (Å²) in [6, 6.07) is 0. The molecule has 1 rings (SSSR count). The molecule has 0 spiro atoms. The maximum absolute atomic E-state index is 3.40. The van der Waals surface area contributed by atoms with Crippen LogP contribution in [0.1, 0.15) is 19.8 Å². The van der Waals surface area contributed by atoms with Gasteiger partial charge in [-0.25, -0.2) is 0 Å². The third-order valence-electron chi connectivity index (χ3n) is 2.50. The third-order valence-corrected chi connectivity index (χ3v) is 2.50. The van der Waals surface area contributed by atoms with E-state index in [2.05, 4.69) is 36.1 Å². The molecule has 0 bridgehead atoms. The predicted molar refractivity (Wildman–Crippen MR) is 52.0 cm³/mol. The van der Waals surface area contributed by atoms with Gasteiger partial charge >= 0.3 is 0 Å². The van der Waals surface area contributed by atoms with Gasteiger partial charge in [0, 0.05) is 13.2 Å². The van der Waals surface area contributed by atoms with Crippen molar-refractivity contribution in [3.63, 3.8) is 0 Å². The summed E-state index contributed by atoms with van der Waals surface area (Å²) in [5.41, 5.74) is 0. The molecule has 1 atom stereocenters. The first kappa shape index (κ1) is 9.96. The molecule has 12 heavy (non-hydrogen) atoms. The van der Waals surface area contributed by atoms with E-state index >= 15 is 0 Å². The Balaban J connectivity index is 2.40. The van der Waals surface area contributed by atoms with Crippen molar-refractivity contribution in [2.45, 2.75) is 25.9 Å². The van der Waals surface area contributed by atoms with Gasteiger partial charge in [-0.2, -0.15) is 0 Å². The van der Waals surface area contributed by atoms with Crippen molar-refractivity contribution in [3.05, 3.63) is 0 Å². The van der Waals surface area contributed by atoms with E-state index in [1.165, 1.54) is 25.9 Å². The van der Waals surface area contributed by atoms with Crippen LogP contribution in [-0.2, 0) is 0 Å². The zero-order valence-electron chi connectivity index (χ0n) is 8.51. The van der Waals surface area contributed by atoms with Gasteiger partial charge in [-0.1, -0.05) is 6.92 Å². The number of hydrogen-bond donors (Lipinski definition) is 1. The predicted octanol–water partition coefficient (Wildman–Crippen LogP) is 0.537. The SMILES string of the molecule is CCC(N(C)C)N1CCCNC1. The Morgan fingerprint density at radius 2 is 2.25 bits per heavy atom. The molecule has 0 aromatic carbocycles. The normalized spacial score (nSPS) is 23.0. The van der Waals surface area contributed by atoms with Crippen LogP contribution in [0.15, 0.2) is 0 Å². The third kappa shape index (κ3) is 2.44. The number of hydrogen-bond acceptors (Lipinski definition) is 3. The molecular formula is C9H21N3. The van der Waals surface area contributed by atoms with Gasteiger partial charge in [0.2, 0.25) is 0 Å². The van der Waals surface area contributed by atoms with Crippen LogP contribution in [0, 0.1) is 0 Å². The zero-order valence-corrected chi connectivity index (χ0v) is 8.51. The first-order chi connectivity index (χ1) is 5.75. The first-order valence-electron chi connectivity index (χ1n) is 4.87. The first-order valence-corrected chi connectivity index (χ1v) is 4.87. The maximum Gasteiger partial charge on any atom is 0.0625 e. The second-order valence-corrected chi connectivity index (χ2v) is 3.68. The highest BCUT2D eigenvalue weighted by Gasteiger charge is 2.19. The van der Waals surface area contributed by atoms with Gasteiger partial charge in [-0.3, -0.25) is 9.80 Å². The molecule has 0 radical (unpaired) electrons. The molecule has 0 amide bonds. The Labute approximate surface area is 75.7 Å². The lowest BCUT2D eigenvalue weighted by Gasteiger charge is -2.38. The van der Waals surface area contributed by atoms with Crippen LogP contribution in [0.3, 0.4) is 0 Å². The lowest BCUT2D eigenvalue weighted by atomic mass is 10.2. The van der Waals surface area contributed by atoms with Crippen molar-refractivity contribution in [1.82, 2.24) is 15.1 Å². The quantitative estimate of drug-likeness (QED) is 0.668. The number of rotatable bonds is 3. The summed E-state index contributed by atoms with van der Waals surface area (Å²) >= 11 is 0. The van der Waals surface area contributed by atoms with Crippen molar-refractivity contribution >= 4 is 0 Å². The molecule has 3 nitrogen and oxygen atoms in total. The Morgan fingerprint density at radius 3 is 2.67 bits per heavy atom. The van der Waals surface area contributed by atoms with E-state index in [0.717, 1.165) is 6.67 Å². The minimum Gasteiger partial charge on any atom is -0.304 e. The minimum atomic E-state index is 0.609. The standard InChI is InChI=1S/C9H21N3/c1-4-9(11(2)3)12-7-5-6-10-8-12/h9-10H,4-8H2,1-3H3. The van der Waals surface area contributed by atoms with Crippen LogP contribution in [0.25, 0.3) is 0 Å². The van der Waals surface area contributed by atoms with Gasteiger partial charge in [0.05, 0.1) is 6.17 Å². The number of nitrogens with zero attached hydrogens (tertiary/aromatic N) is 2. The highest BCUT2D eigenvalue weighted by atomic mass is 15.4. The molecule has 72 valence electrons. The van der Waals surface area contributed by atoms with E-state index in [1.54, 1.807) is 0 Å². The lowest BCUT2D eigenvalue weighted by molar-refractivity contribution is 0.0532. The molecule has 1 aliphatic rings. The topological polar surface area (TPSA) is 18.5 Å². The Kier molecular flexibility index (Phi) is 3.98. The van der Waals surface area contributed by atoms with Gasteiger partial charge in [0.25, 0.3) is 0 Å². The van der Waals surface area contributed by atoms with E-state index in [4.69, 9.17) is 0 Å². The van der Waals surface area contributed by atoms with Gasteiger partial charge in [0.15, 0.2) is 0 Å². The van der Waals surface area contributed by atoms with Crippen molar-refractivity contribution in [3.8, 4) is 0 Å². The molecule has 1 saturated heterocycles. The molecule has 1 N–H and O–H groups in total. The van der Waals surface area contributed by atoms with Crippen molar-refractivity contribution in [2.75, 3.05) is 33.9 Å². The molecule has 1 heterocycles. The maximum atomic E-state index is 3.40. The second kappa shape index (κ2) is 4.80. The van der Waals surface area contributed by atoms with Crippen LogP contribution in [0.2, 0.25) is 0 Å². The summed E-state index contributed by atoms with van der Waals surface area (Å²) in [5.74, 6) is 0. The van der Waals surface area contributed by atoms with Crippen LogP contribution < -0.4 is 5.32 Å². The fourth-order valence-corrected chi connectivity index (χ4v) is 1.91. The summed E-state index contributed by atoms with van der Waals surface area (Å²) in [6.45, 7) is 5.72. The van der Waals surface area contributed by atoms with Crippen molar-refractivity contribution in [1.29, 1.82) is 0 Å². The Bertz CT molecular complexity index is 119. The fourth-order valence-electron chi connectivity index (χ4n) is 1.91. The summed E-state index contributed by atoms with van der Waals surface area (Å²) in [5, 5.41) is 3.40. The summed E-state index contributed by atoms with van der Waals surface area (Å²) in [7, 11) is 4.31. The largest absolute Gasteiger partial charge is 0.304 e. The smallest absolute Gasteiger partial charge is 0.0625 e. The van der Waals surface area contributed by atoms with Crippen molar-refractivity contribution < 1.29 is 0 Å². The highest BCUT2D eigenvalue weighted by Crippen LogP contribution is 2.08. The molecule has 0 aromatic rings. The molecule has 1 fully saturated rings. The van der Waals surface area contributed by atoms with E-state index in [9.17, 15) is 0 Å². The molecule has 1 unspecified atom stereocenters.